The average molecular weight is 1610 g/mol. The zero-order valence-corrected chi connectivity index (χ0v) is 79.7. The molecule has 15 rings (SSSR count). The molecule has 12 aliphatic rings. The molecule has 1 aromatic carbocycles. The first kappa shape index (κ1) is 109. The van der Waals surface area contributed by atoms with Crippen molar-refractivity contribution in [2.24, 2.45) is 55.5 Å². The second-order valence-corrected chi connectivity index (χ2v) is 35.9. The molecule has 0 spiro atoms. The smallest absolute Gasteiger partial charge is 0.0824 e. The number of piperazine rings is 1. The van der Waals surface area contributed by atoms with Crippen LogP contribution in [0.5, 0.6) is 0 Å². The normalized spacial score (nSPS) is 26.5. The number of likely N-dealkylation sites (N-methyl/N-ethyl adjacent to an activating group) is 6. The molecule has 12 fully saturated rings. The quantitative estimate of drug-likeness (QED) is 0.156. The van der Waals surface area contributed by atoms with Gasteiger partial charge in [-0.05, 0) is 250 Å². The van der Waals surface area contributed by atoms with E-state index >= 15 is 0 Å². The van der Waals surface area contributed by atoms with E-state index < -0.39 is 0 Å². The molecule has 0 amide bonds. The van der Waals surface area contributed by atoms with Crippen molar-refractivity contribution in [1.29, 1.82) is 0 Å². The molecule has 23 nitrogen and oxygen atoms in total. The molecule has 0 unspecified atom stereocenters. The fourth-order valence-electron chi connectivity index (χ4n) is 14.1. The van der Waals surface area contributed by atoms with Crippen LogP contribution >= 0.6 is 0 Å². The molecule has 0 radical (unpaired) electrons. The van der Waals surface area contributed by atoms with Gasteiger partial charge in [0.15, 0.2) is 0 Å². The first-order chi connectivity index (χ1) is 54.3. The van der Waals surface area contributed by atoms with Gasteiger partial charge in [-0.3, -0.25) is 9.36 Å². The second-order valence-electron chi connectivity index (χ2n) is 35.9. The van der Waals surface area contributed by atoms with Crippen molar-refractivity contribution in [3.05, 3.63) is 59.2 Å². The van der Waals surface area contributed by atoms with Gasteiger partial charge in [0.25, 0.3) is 0 Å². The van der Waals surface area contributed by atoms with Crippen LogP contribution in [0, 0.1) is 69.1 Å². The minimum absolute atomic E-state index is 0.472. The minimum Gasteiger partial charge on any atom is -0.381 e. The topological polar surface area (TPSA) is 179 Å². The van der Waals surface area contributed by atoms with Crippen molar-refractivity contribution in [2.75, 3.05) is 225 Å². The summed E-state index contributed by atoms with van der Waals surface area (Å²) in [7, 11) is 37.6. The summed E-state index contributed by atoms with van der Waals surface area (Å²) in [6, 6.07) is 10.8. The van der Waals surface area contributed by atoms with Gasteiger partial charge in [0, 0.05) is 166 Å². The Kier molecular flexibility index (Phi) is 62.6. The number of benzene rings is 1. The van der Waals surface area contributed by atoms with Gasteiger partial charge < -0.3 is 83.6 Å². The maximum absolute atomic E-state index is 5.12. The number of piperidine rings is 2. The second kappa shape index (κ2) is 65.6. The lowest BCUT2D eigenvalue weighted by Crippen LogP contribution is -2.54. The van der Waals surface area contributed by atoms with Gasteiger partial charge in [-0.25, -0.2) is 0 Å². The molecule has 2 aromatic heterocycles. The van der Waals surface area contributed by atoms with Crippen LogP contribution in [0.25, 0.3) is 0 Å². The van der Waals surface area contributed by atoms with Crippen LogP contribution in [-0.2, 0) is 42.5 Å². The summed E-state index contributed by atoms with van der Waals surface area (Å²) in [6.07, 6.45) is 32.3. The maximum Gasteiger partial charge on any atom is 0.0824 e. The molecule has 0 atom stereocenters. The summed E-state index contributed by atoms with van der Waals surface area (Å²) in [6.45, 7) is 43.9. The Morgan fingerprint density at radius 1 is 0.307 bits per heavy atom. The molecular weight excluding hydrogens is 1430 g/mol. The van der Waals surface area contributed by atoms with Gasteiger partial charge in [-0.1, -0.05) is 139 Å². The van der Waals surface area contributed by atoms with Crippen molar-refractivity contribution in [3.8, 4) is 0 Å². The predicted molar refractivity (Wildman–Crippen MR) is 483 cm³/mol. The summed E-state index contributed by atoms with van der Waals surface area (Å²) in [4.78, 5) is 18.6. The lowest BCUT2D eigenvalue weighted by molar-refractivity contribution is -0.0695. The lowest BCUT2D eigenvalue weighted by Gasteiger charge is -2.35. The van der Waals surface area contributed by atoms with E-state index in [1.54, 1.807) is 52.0 Å². The van der Waals surface area contributed by atoms with E-state index in [1.165, 1.54) is 199 Å². The Balaban J connectivity index is 0.000000611. The number of nitrogens with zero attached hydrogens (tertiary/aromatic N) is 14. The molecule has 0 bridgehead atoms. The van der Waals surface area contributed by atoms with Crippen LogP contribution in [0.15, 0.2) is 36.7 Å². The van der Waals surface area contributed by atoms with Gasteiger partial charge in [0.2, 0.25) is 0 Å². The largest absolute Gasteiger partial charge is 0.381 e. The summed E-state index contributed by atoms with van der Waals surface area (Å²) < 4.78 is 33.7. The first-order valence-electron chi connectivity index (χ1n) is 44.6. The summed E-state index contributed by atoms with van der Waals surface area (Å²) in [5.74, 6) is 7.02. The van der Waals surface area contributed by atoms with Crippen LogP contribution in [0.1, 0.15) is 193 Å². The van der Waals surface area contributed by atoms with Gasteiger partial charge in [0.1, 0.15) is 0 Å². The van der Waals surface area contributed by atoms with Gasteiger partial charge in [0.05, 0.1) is 48.0 Å². The van der Waals surface area contributed by atoms with Gasteiger partial charge in [-0.2, -0.15) is 0 Å². The molecule has 5 saturated carbocycles. The van der Waals surface area contributed by atoms with E-state index in [0.29, 0.717) is 36.6 Å². The standard InChI is InChI=1S/C8H16.C8H10.3C7H15N.C7H14O.C6H14N2.C6H13NO.C6H13N.C6H12O2.C5H12N2.2C5H11NO.2C4H7N3/c4*1-7-3-5-8(2)6-4-7;2*1-3-6-4-7(5-6)8-2;1-7-3-5-8(2)6-4-7;1-7-5-3-6(4-5)8-2;1-3-6-4-7(2)5-6;1-7-5-3-6(4-5)8-2;1-6-5-3-7(2)4-5;2*1-6-3-5(4-6)7-2;2*1-4-3-7(2)6-5-4/h7-8H,3-6H2,1-2H3;3-6H,1-2H3;2*7H,3-6H2,1-2H3;6-8H,3-5H2,1-2H3;6-7H,3-5H2,1-2H3;3-6H2,1-2H3;5-7H,3-4H2,1-2H3;6H,3-5H2,1-2H3;5-6H,3-4H2,1-2H3;5-6H,3-4H2,1-2H3;2*5H,3-4H2,1-2H3;2*3H,1-2H3. The minimum atomic E-state index is 0.472. The Bertz CT molecular complexity index is 2170. The fraction of sp³-hybridized carbons (Fsp3) is 0.890. The number of aryl methyl sites for hydroxylation is 6. The number of hydrogen-bond donors (Lipinski definition) is 3. The van der Waals surface area contributed by atoms with Crippen molar-refractivity contribution in [2.45, 2.75) is 253 Å². The highest BCUT2D eigenvalue weighted by molar-refractivity contribution is 5.19. The Morgan fingerprint density at radius 3 is 0.781 bits per heavy atom. The molecule has 5 aliphatic carbocycles. The number of methoxy groups -OCH3 is 6. The van der Waals surface area contributed by atoms with Crippen LogP contribution in [0.2, 0.25) is 0 Å². The molecule has 7 aliphatic heterocycles. The van der Waals surface area contributed by atoms with Gasteiger partial charge >= 0.3 is 0 Å². The monoisotopic (exact) mass is 1610 g/mol. The zero-order valence-electron chi connectivity index (χ0n) is 79.7. The van der Waals surface area contributed by atoms with E-state index in [9.17, 15) is 0 Å². The Hall–Kier alpha value is -3.18. The van der Waals surface area contributed by atoms with Crippen LogP contribution in [0.4, 0.5) is 0 Å². The third-order valence-corrected chi connectivity index (χ3v) is 24.5. The highest BCUT2D eigenvalue weighted by Crippen LogP contribution is 2.32. The average Bonchev–Trinajstić information content (AvgIpc) is 1.24. The summed E-state index contributed by atoms with van der Waals surface area (Å²) in [5.41, 5.74) is 4.58. The van der Waals surface area contributed by atoms with E-state index in [4.69, 9.17) is 28.4 Å². The molecule has 7 saturated heterocycles. The number of hydrogen-bond acceptors (Lipinski definition) is 21. The van der Waals surface area contributed by atoms with Crippen LogP contribution in [-0.4, -0.2) is 349 Å². The van der Waals surface area contributed by atoms with E-state index in [0.717, 1.165) is 110 Å². The van der Waals surface area contributed by atoms with Crippen molar-refractivity contribution in [3.63, 3.8) is 0 Å². The molecular formula is C91H185N17O6. The number of aromatic nitrogens is 6. The predicted octanol–water partition coefficient (Wildman–Crippen LogP) is 12.7. The zero-order chi connectivity index (χ0) is 85.5. The molecule has 114 heavy (non-hydrogen) atoms. The van der Waals surface area contributed by atoms with E-state index in [2.05, 4.69) is 226 Å². The molecule has 670 valence electrons. The summed E-state index contributed by atoms with van der Waals surface area (Å²) >= 11 is 0. The highest BCUT2D eigenvalue weighted by Gasteiger charge is 2.30. The number of nitrogens with one attached hydrogen (secondary N) is 3. The van der Waals surface area contributed by atoms with Crippen molar-refractivity contribution >= 4 is 0 Å². The summed E-state index contributed by atoms with van der Waals surface area (Å²) in [5, 5.41) is 24.5. The molecule has 3 N–H and O–H groups in total. The van der Waals surface area contributed by atoms with Crippen LogP contribution < -0.4 is 16.0 Å². The van der Waals surface area contributed by atoms with Gasteiger partial charge in [-0.15, -0.1) is 10.2 Å². The van der Waals surface area contributed by atoms with Crippen LogP contribution in [0.3, 0.4) is 0 Å². The first-order valence-corrected chi connectivity index (χ1v) is 44.6. The number of likely N-dealkylation sites (tertiary alicyclic amines) is 6. The molecule has 3 aromatic rings. The number of rotatable bonds is 12. The lowest BCUT2D eigenvalue weighted by atomic mass is 9.79. The van der Waals surface area contributed by atoms with E-state index in [-0.39, 0.29) is 0 Å². The highest BCUT2D eigenvalue weighted by atomic mass is 16.5. The van der Waals surface area contributed by atoms with Crippen molar-refractivity contribution in [1.82, 2.24) is 85.1 Å². The third kappa shape index (κ3) is 54.2. The Morgan fingerprint density at radius 2 is 0.570 bits per heavy atom. The third-order valence-electron chi connectivity index (χ3n) is 24.5. The molecule has 9 heterocycles. The number of ether oxygens (including phenoxy) is 6. The Labute approximate surface area is 702 Å². The fourth-order valence-corrected chi connectivity index (χ4v) is 14.1. The maximum atomic E-state index is 5.12. The molecule has 23 heteroatoms. The SMILES string of the molecule is CC1CCC(C)CC1.CC1CCN(C)CC1.CC1CCN(C)CC1.CCC1CC(NC)C1.CCC1CC(OC)C1.CCC1CN(C)C1.CN1CCN(C)CC1.CNC1CC(OC)C1.CNC1CN(C)C1.COC1CC(OC)C1.COC1CN(C)C1.COC1CN(C)C1.Cc1ccc(C)cc1.Cc1cn(C)nn1.Cc1cn(C)nn1. The van der Waals surface area contributed by atoms with Crippen molar-refractivity contribution < 1.29 is 28.4 Å². The van der Waals surface area contributed by atoms with E-state index in [1.807, 2.05) is 54.4 Å².